The molecule has 0 aromatic heterocycles. The van der Waals surface area contributed by atoms with Gasteiger partial charge in [0.15, 0.2) is 12.4 Å². The molecule has 212 valence electrons. The number of aliphatic carboxylic acids is 1. The minimum absolute atomic E-state index is 0.0264. The van der Waals surface area contributed by atoms with Gasteiger partial charge in [0.05, 0.1) is 17.8 Å². The van der Waals surface area contributed by atoms with Gasteiger partial charge in [-0.05, 0) is 43.9 Å². The van der Waals surface area contributed by atoms with E-state index >= 15 is 0 Å². The minimum Gasteiger partial charge on any atom is -0.488 e. The third kappa shape index (κ3) is 7.25. The van der Waals surface area contributed by atoms with Crippen molar-refractivity contribution in [2.45, 2.75) is 88.0 Å². The fourth-order valence-corrected chi connectivity index (χ4v) is 4.83. The van der Waals surface area contributed by atoms with Crippen LogP contribution >= 0.6 is 0 Å². The molecule has 5 N–H and O–H groups in total. The molecular formula is C28H34O11. The normalized spacial score (nSPS) is 29.8. The van der Waals surface area contributed by atoms with Crippen LogP contribution in [0.2, 0.25) is 0 Å². The molecule has 0 spiro atoms. The van der Waals surface area contributed by atoms with Gasteiger partial charge in [0.2, 0.25) is 0 Å². The maximum Gasteiger partial charge on any atom is 0.345 e. The second-order valence-electron chi connectivity index (χ2n) is 9.93. The van der Waals surface area contributed by atoms with Gasteiger partial charge in [-0.25, -0.2) is 9.59 Å². The first-order valence-corrected chi connectivity index (χ1v) is 13.0. The van der Waals surface area contributed by atoms with E-state index in [9.17, 15) is 35.1 Å². The maximum atomic E-state index is 11.9. The number of carboxylic acid groups (broad SMARTS) is 2. The van der Waals surface area contributed by atoms with Gasteiger partial charge >= 0.3 is 11.9 Å². The Morgan fingerprint density at radius 3 is 2.26 bits per heavy atom. The molecule has 0 radical (unpaired) electrons. The molecule has 2 fully saturated rings. The quantitative estimate of drug-likeness (QED) is 0.295. The van der Waals surface area contributed by atoms with Crippen molar-refractivity contribution >= 4 is 11.9 Å². The predicted octanol–water partition coefficient (Wildman–Crippen LogP) is 1.99. The summed E-state index contributed by atoms with van der Waals surface area (Å²) in [7, 11) is 0. The average molecular weight is 547 g/mol. The first-order chi connectivity index (χ1) is 18.6. The number of benzene rings is 2. The van der Waals surface area contributed by atoms with Gasteiger partial charge in [0.1, 0.15) is 35.9 Å². The minimum atomic E-state index is -1.47. The number of aliphatic hydroxyl groups excluding tert-OH is 3. The van der Waals surface area contributed by atoms with Crippen LogP contribution in [0.4, 0.5) is 0 Å². The lowest BCUT2D eigenvalue weighted by Crippen LogP contribution is -2.58. The monoisotopic (exact) mass is 546 g/mol. The first-order valence-electron chi connectivity index (χ1n) is 13.0. The lowest BCUT2D eigenvalue weighted by molar-refractivity contribution is -0.311. The highest BCUT2D eigenvalue weighted by Crippen LogP contribution is 2.32. The number of ether oxygens (including phenoxy) is 4. The standard InChI is InChI=1S/C28H34O11/c1-15-23(29)24(30)25(31)28(36-15)39-21-10-6-5-9-20(21)37-18-12-17(26(32)33)13-19(14-18)38-22(27(34)35)11-16-7-3-2-4-8-16/h2-4,7-8,12-15,20-25,28-31H,5-6,9-11H2,1H3,(H,32,33)(H,34,35)/t15-,20+,21+,22-,23+,24+,25-,28-/m0/s1. The summed E-state index contributed by atoms with van der Waals surface area (Å²) in [5, 5.41) is 49.8. The highest BCUT2D eigenvalue weighted by molar-refractivity contribution is 5.88. The van der Waals surface area contributed by atoms with E-state index in [1.807, 2.05) is 6.07 Å². The largest absolute Gasteiger partial charge is 0.488 e. The summed E-state index contributed by atoms with van der Waals surface area (Å²) < 4.78 is 23.4. The van der Waals surface area contributed by atoms with E-state index in [1.54, 1.807) is 31.2 Å². The Labute approximate surface area is 225 Å². The Bertz CT molecular complexity index is 1120. The highest BCUT2D eigenvalue weighted by Gasteiger charge is 2.44. The van der Waals surface area contributed by atoms with Crippen molar-refractivity contribution in [2.75, 3.05) is 0 Å². The summed E-state index contributed by atoms with van der Waals surface area (Å²) >= 11 is 0. The van der Waals surface area contributed by atoms with Gasteiger partial charge in [-0.3, -0.25) is 0 Å². The molecule has 2 aliphatic rings. The van der Waals surface area contributed by atoms with Gasteiger partial charge in [-0.15, -0.1) is 0 Å². The summed E-state index contributed by atoms with van der Waals surface area (Å²) in [4.78, 5) is 23.7. The van der Waals surface area contributed by atoms with Gasteiger partial charge in [0, 0.05) is 12.5 Å². The molecule has 2 aromatic carbocycles. The second kappa shape index (κ2) is 12.8. The van der Waals surface area contributed by atoms with Crippen LogP contribution in [0.5, 0.6) is 11.5 Å². The van der Waals surface area contributed by atoms with Crippen molar-refractivity contribution in [3.8, 4) is 11.5 Å². The summed E-state index contributed by atoms with van der Waals surface area (Å²) in [6.07, 6.45) is -5.65. The fourth-order valence-electron chi connectivity index (χ4n) is 4.83. The summed E-state index contributed by atoms with van der Waals surface area (Å²) in [5.41, 5.74) is 0.605. The average Bonchev–Trinajstić information content (AvgIpc) is 2.91. The topological polar surface area (TPSA) is 172 Å². The number of aromatic carboxylic acids is 1. The van der Waals surface area contributed by atoms with Crippen molar-refractivity contribution in [3.05, 3.63) is 59.7 Å². The molecule has 8 atom stereocenters. The van der Waals surface area contributed by atoms with Gasteiger partial charge in [0.25, 0.3) is 0 Å². The molecule has 1 saturated carbocycles. The summed E-state index contributed by atoms with van der Waals surface area (Å²) in [5.74, 6) is -2.26. The van der Waals surface area contributed by atoms with E-state index in [-0.39, 0.29) is 23.5 Å². The summed E-state index contributed by atoms with van der Waals surface area (Å²) in [6.45, 7) is 1.56. The smallest absolute Gasteiger partial charge is 0.345 e. The number of hydrogen-bond acceptors (Lipinski definition) is 9. The maximum absolute atomic E-state index is 11.9. The Kier molecular flexibility index (Phi) is 9.41. The van der Waals surface area contributed by atoms with Crippen LogP contribution in [0.3, 0.4) is 0 Å². The Hall–Kier alpha value is -3.22. The second-order valence-corrected chi connectivity index (χ2v) is 9.93. The van der Waals surface area contributed by atoms with Crippen molar-refractivity contribution in [2.24, 2.45) is 0 Å². The lowest BCUT2D eigenvalue weighted by atomic mass is 9.94. The Balaban J connectivity index is 1.51. The van der Waals surface area contributed by atoms with E-state index in [0.717, 1.165) is 18.4 Å². The van der Waals surface area contributed by atoms with Crippen LogP contribution in [0.25, 0.3) is 0 Å². The third-order valence-corrected chi connectivity index (χ3v) is 6.99. The van der Waals surface area contributed by atoms with Crippen molar-refractivity contribution in [3.63, 3.8) is 0 Å². The van der Waals surface area contributed by atoms with Crippen molar-refractivity contribution in [1.29, 1.82) is 0 Å². The van der Waals surface area contributed by atoms with Crippen LogP contribution in [0.15, 0.2) is 48.5 Å². The molecule has 0 bridgehead atoms. The first kappa shape index (κ1) is 28.8. The SMILES string of the molecule is C[C@@H]1O[C@@H](O[C@@H]2CCCC[C@H]2Oc2cc(O[C@@H](Cc3ccccc3)C(=O)O)cc(C(=O)O)c2)[C@@H](O)[C@H](O)[C@@H]1O. The Morgan fingerprint density at radius 2 is 1.59 bits per heavy atom. The van der Waals surface area contributed by atoms with Crippen LogP contribution in [0, 0.1) is 0 Å². The van der Waals surface area contributed by atoms with E-state index in [0.29, 0.717) is 12.8 Å². The van der Waals surface area contributed by atoms with Crippen molar-refractivity contribution in [1.82, 2.24) is 0 Å². The molecule has 1 aliphatic carbocycles. The van der Waals surface area contributed by atoms with E-state index < -0.39 is 61.0 Å². The molecule has 11 nitrogen and oxygen atoms in total. The fraction of sp³-hybridized carbons (Fsp3) is 0.500. The zero-order chi connectivity index (χ0) is 28.1. The molecule has 11 heteroatoms. The molecule has 4 rings (SSSR count). The lowest BCUT2D eigenvalue weighted by Gasteiger charge is -2.42. The zero-order valence-corrected chi connectivity index (χ0v) is 21.5. The molecule has 39 heavy (non-hydrogen) atoms. The zero-order valence-electron chi connectivity index (χ0n) is 21.5. The number of carboxylic acids is 2. The highest BCUT2D eigenvalue weighted by atomic mass is 16.7. The van der Waals surface area contributed by atoms with Gasteiger partial charge < -0.3 is 44.5 Å². The number of aliphatic hydroxyl groups is 3. The molecule has 0 unspecified atom stereocenters. The van der Waals surface area contributed by atoms with E-state index in [2.05, 4.69) is 0 Å². The molecule has 1 heterocycles. The number of rotatable bonds is 10. The van der Waals surface area contributed by atoms with Gasteiger partial charge in [-0.1, -0.05) is 36.8 Å². The molecule has 0 amide bonds. The van der Waals surface area contributed by atoms with Crippen LogP contribution in [0.1, 0.15) is 48.5 Å². The Morgan fingerprint density at radius 1 is 0.923 bits per heavy atom. The summed E-state index contributed by atoms with van der Waals surface area (Å²) in [6, 6.07) is 12.9. The third-order valence-electron chi connectivity index (χ3n) is 6.99. The predicted molar refractivity (Wildman–Crippen MR) is 136 cm³/mol. The van der Waals surface area contributed by atoms with E-state index in [1.165, 1.54) is 18.2 Å². The van der Waals surface area contributed by atoms with Crippen LogP contribution in [-0.4, -0.2) is 86.5 Å². The van der Waals surface area contributed by atoms with Crippen LogP contribution < -0.4 is 9.47 Å². The molecular weight excluding hydrogens is 512 g/mol. The number of carbonyl (C=O) groups is 2. The number of hydrogen-bond donors (Lipinski definition) is 5. The molecule has 1 aliphatic heterocycles. The molecule has 1 saturated heterocycles. The van der Waals surface area contributed by atoms with E-state index in [4.69, 9.17) is 18.9 Å². The molecule has 2 aromatic rings. The van der Waals surface area contributed by atoms with Crippen LogP contribution in [-0.2, 0) is 20.7 Å². The van der Waals surface area contributed by atoms with Crippen molar-refractivity contribution < 1.29 is 54.1 Å². The van der Waals surface area contributed by atoms with Gasteiger partial charge in [-0.2, -0.15) is 0 Å².